The molecule has 5 rings (SSSR count). The number of nitrogens with one attached hydrogen (secondary N) is 2. The molecule has 27 heavy (non-hydrogen) atoms. The summed E-state index contributed by atoms with van der Waals surface area (Å²) in [5.41, 5.74) is 11.1. The van der Waals surface area contributed by atoms with Crippen molar-refractivity contribution in [1.29, 1.82) is 0 Å². The molecule has 3 aromatic rings. The van der Waals surface area contributed by atoms with Crippen LogP contribution >= 0.6 is 0 Å². The van der Waals surface area contributed by atoms with E-state index in [0.29, 0.717) is 36.3 Å². The van der Waals surface area contributed by atoms with Crippen molar-refractivity contribution in [2.24, 2.45) is 0 Å². The lowest BCUT2D eigenvalue weighted by atomic mass is 9.95. The molecule has 0 unspecified atom stereocenters. The van der Waals surface area contributed by atoms with E-state index in [0.717, 1.165) is 23.7 Å². The fourth-order valence-electron chi connectivity index (χ4n) is 4.35. The molecule has 1 aromatic carbocycles. The summed E-state index contributed by atoms with van der Waals surface area (Å²) in [7, 11) is 0. The van der Waals surface area contributed by atoms with Crippen molar-refractivity contribution in [2.45, 2.75) is 38.6 Å². The van der Waals surface area contributed by atoms with Crippen molar-refractivity contribution >= 4 is 22.8 Å². The van der Waals surface area contributed by atoms with Crippen LogP contribution in [0.2, 0.25) is 0 Å². The lowest BCUT2D eigenvalue weighted by Gasteiger charge is -2.27. The maximum Gasteiger partial charge on any atom is 0.255 e. The zero-order chi connectivity index (χ0) is 18.5. The van der Waals surface area contributed by atoms with Crippen LogP contribution in [0.5, 0.6) is 0 Å². The highest BCUT2D eigenvalue weighted by Crippen LogP contribution is 2.30. The highest BCUT2D eigenvalue weighted by Gasteiger charge is 2.25. The summed E-state index contributed by atoms with van der Waals surface area (Å²) >= 11 is 0. The number of aromatic nitrogens is 3. The Labute approximate surface area is 155 Å². The molecule has 0 saturated heterocycles. The van der Waals surface area contributed by atoms with E-state index in [4.69, 9.17) is 5.73 Å². The second kappa shape index (κ2) is 5.97. The van der Waals surface area contributed by atoms with Crippen molar-refractivity contribution in [3.8, 4) is 0 Å². The van der Waals surface area contributed by atoms with Crippen molar-refractivity contribution in [3.63, 3.8) is 0 Å². The highest BCUT2D eigenvalue weighted by atomic mass is 16.2. The van der Waals surface area contributed by atoms with Crippen LogP contribution < -0.4 is 11.3 Å². The molecule has 0 fully saturated rings. The van der Waals surface area contributed by atoms with E-state index < -0.39 is 0 Å². The zero-order valence-electron chi connectivity index (χ0n) is 15.0. The number of nitrogens with two attached hydrogens (primary N) is 1. The summed E-state index contributed by atoms with van der Waals surface area (Å²) in [5.74, 6) is 0.0578. The number of nitrogen functional groups attached to an aromatic ring is 1. The van der Waals surface area contributed by atoms with Crippen LogP contribution in [0.15, 0.2) is 23.0 Å². The standard InChI is InChI=1S/C20H21N5O2/c21-20-23-17-10-25(8-7-13(17)18(26)24-20)19(27)11-5-6-16-14(9-11)12-3-1-2-4-15(12)22-16/h5-6,9,22H,1-4,7-8,10H2,(H3,21,23,24,26). The van der Waals surface area contributed by atoms with Crippen molar-refractivity contribution in [2.75, 3.05) is 12.3 Å². The van der Waals surface area contributed by atoms with Gasteiger partial charge in [-0.15, -0.1) is 0 Å². The van der Waals surface area contributed by atoms with Crippen LogP contribution in [0, 0.1) is 0 Å². The van der Waals surface area contributed by atoms with Gasteiger partial charge in [-0.3, -0.25) is 14.6 Å². The largest absolute Gasteiger partial charge is 0.369 e. The Morgan fingerprint density at radius 2 is 1.96 bits per heavy atom. The summed E-state index contributed by atoms with van der Waals surface area (Å²) in [5, 5.41) is 1.16. The van der Waals surface area contributed by atoms with Crippen molar-refractivity contribution < 1.29 is 4.79 Å². The zero-order valence-corrected chi connectivity index (χ0v) is 15.0. The Balaban J connectivity index is 1.48. The summed E-state index contributed by atoms with van der Waals surface area (Å²) < 4.78 is 0. The number of hydrogen-bond acceptors (Lipinski definition) is 4. The number of carbonyl (C=O) groups is 1. The third-order valence-corrected chi connectivity index (χ3v) is 5.72. The first-order valence-corrected chi connectivity index (χ1v) is 9.40. The molecule has 138 valence electrons. The quantitative estimate of drug-likeness (QED) is 0.614. The third-order valence-electron chi connectivity index (χ3n) is 5.72. The molecular weight excluding hydrogens is 342 g/mol. The van der Waals surface area contributed by atoms with Crippen LogP contribution in [-0.4, -0.2) is 32.3 Å². The molecule has 1 amide bonds. The number of aromatic amines is 2. The van der Waals surface area contributed by atoms with Gasteiger partial charge in [-0.1, -0.05) is 0 Å². The van der Waals surface area contributed by atoms with Gasteiger partial charge in [0, 0.05) is 34.3 Å². The average molecular weight is 363 g/mol. The van der Waals surface area contributed by atoms with Crippen LogP contribution in [-0.2, 0) is 25.8 Å². The predicted molar refractivity (Wildman–Crippen MR) is 103 cm³/mol. The van der Waals surface area contributed by atoms with Gasteiger partial charge in [0.2, 0.25) is 5.95 Å². The number of nitrogens with zero attached hydrogens (tertiary/aromatic N) is 2. The molecule has 0 radical (unpaired) electrons. The van der Waals surface area contributed by atoms with E-state index >= 15 is 0 Å². The van der Waals surface area contributed by atoms with Gasteiger partial charge in [0.15, 0.2) is 0 Å². The molecule has 4 N–H and O–H groups in total. The fourth-order valence-corrected chi connectivity index (χ4v) is 4.35. The predicted octanol–water partition coefficient (Wildman–Crippen LogP) is 1.91. The van der Waals surface area contributed by atoms with Crippen LogP contribution in [0.4, 0.5) is 5.95 Å². The summed E-state index contributed by atoms with van der Waals surface area (Å²) in [6.45, 7) is 0.815. The number of amides is 1. The molecule has 0 saturated carbocycles. The normalized spacial score (nSPS) is 16.2. The molecule has 7 heteroatoms. The number of fused-ring (bicyclic) bond motifs is 4. The van der Waals surface area contributed by atoms with E-state index in [2.05, 4.69) is 15.0 Å². The van der Waals surface area contributed by atoms with E-state index in [-0.39, 0.29) is 17.4 Å². The Morgan fingerprint density at radius 3 is 2.85 bits per heavy atom. The lowest BCUT2D eigenvalue weighted by Crippen LogP contribution is -2.39. The van der Waals surface area contributed by atoms with Gasteiger partial charge in [0.25, 0.3) is 11.5 Å². The minimum atomic E-state index is -0.204. The highest BCUT2D eigenvalue weighted by molar-refractivity contribution is 5.99. The first-order valence-electron chi connectivity index (χ1n) is 9.40. The van der Waals surface area contributed by atoms with E-state index in [9.17, 15) is 9.59 Å². The van der Waals surface area contributed by atoms with E-state index in [1.807, 2.05) is 18.2 Å². The summed E-state index contributed by atoms with van der Waals surface area (Å²) in [6, 6.07) is 5.88. The Kier molecular flexibility index (Phi) is 3.56. The monoisotopic (exact) mass is 363 g/mol. The van der Waals surface area contributed by atoms with Crippen LogP contribution in [0.25, 0.3) is 10.9 Å². The summed E-state index contributed by atoms with van der Waals surface area (Å²) in [6.07, 6.45) is 5.05. The Morgan fingerprint density at radius 1 is 1.11 bits per heavy atom. The average Bonchev–Trinajstić information content (AvgIpc) is 3.04. The molecule has 3 heterocycles. The van der Waals surface area contributed by atoms with Gasteiger partial charge < -0.3 is 15.6 Å². The second-order valence-corrected chi connectivity index (χ2v) is 7.40. The molecule has 7 nitrogen and oxygen atoms in total. The maximum atomic E-state index is 13.1. The fraction of sp³-hybridized carbons (Fsp3) is 0.350. The van der Waals surface area contributed by atoms with Crippen molar-refractivity contribution in [1.82, 2.24) is 19.9 Å². The molecule has 1 aliphatic carbocycles. The number of H-pyrrole nitrogens is 2. The van der Waals surface area contributed by atoms with Crippen LogP contribution in [0.3, 0.4) is 0 Å². The number of benzene rings is 1. The SMILES string of the molecule is Nc1nc2c(c(=O)[nH]1)CCN(C(=O)c1ccc3[nH]c4c(c3c1)CCCC4)C2. The number of carbonyl (C=O) groups excluding carboxylic acids is 1. The molecule has 2 aliphatic rings. The van der Waals surface area contributed by atoms with Gasteiger partial charge in [-0.2, -0.15) is 0 Å². The van der Waals surface area contributed by atoms with Gasteiger partial charge in [0.05, 0.1) is 12.2 Å². The molecular formula is C20H21N5O2. The second-order valence-electron chi connectivity index (χ2n) is 7.40. The summed E-state index contributed by atoms with van der Waals surface area (Å²) in [4.78, 5) is 37.1. The van der Waals surface area contributed by atoms with Gasteiger partial charge in [-0.25, -0.2) is 4.98 Å². The molecule has 2 aromatic heterocycles. The van der Waals surface area contributed by atoms with Gasteiger partial charge in [0.1, 0.15) is 0 Å². The molecule has 0 spiro atoms. The third kappa shape index (κ3) is 2.61. The van der Waals surface area contributed by atoms with E-state index in [1.165, 1.54) is 24.1 Å². The topological polar surface area (TPSA) is 108 Å². The van der Waals surface area contributed by atoms with Gasteiger partial charge >= 0.3 is 0 Å². The number of anilines is 1. The lowest BCUT2D eigenvalue weighted by molar-refractivity contribution is 0.0731. The Bertz CT molecular complexity index is 1130. The van der Waals surface area contributed by atoms with Crippen molar-refractivity contribution in [3.05, 3.63) is 56.6 Å². The minimum absolute atomic E-state index is 0.0334. The Hall–Kier alpha value is -3.09. The van der Waals surface area contributed by atoms with Crippen LogP contribution in [0.1, 0.15) is 45.7 Å². The van der Waals surface area contributed by atoms with Gasteiger partial charge in [-0.05, 0) is 55.9 Å². The first kappa shape index (κ1) is 16.1. The first-order chi connectivity index (χ1) is 13.1. The molecule has 0 atom stereocenters. The minimum Gasteiger partial charge on any atom is -0.369 e. The number of aryl methyl sites for hydroxylation is 2. The smallest absolute Gasteiger partial charge is 0.255 e. The molecule has 0 bridgehead atoms. The maximum absolute atomic E-state index is 13.1. The number of rotatable bonds is 1. The molecule has 1 aliphatic heterocycles. The van der Waals surface area contributed by atoms with E-state index in [1.54, 1.807) is 4.90 Å². The number of hydrogen-bond donors (Lipinski definition) is 3.